The zero-order valence-electron chi connectivity index (χ0n) is 11.3. The third-order valence-corrected chi connectivity index (χ3v) is 3.90. The summed E-state index contributed by atoms with van der Waals surface area (Å²) in [6, 6.07) is 0. The Bertz CT molecular complexity index is 400. The van der Waals surface area contributed by atoms with Gasteiger partial charge in [-0.25, -0.2) is 0 Å². The summed E-state index contributed by atoms with van der Waals surface area (Å²) in [4.78, 5) is 15.4. The molecule has 1 aliphatic carbocycles. The van der Waals surface area contributed by atoms with Crippen LogP contribution in [0, 0.1) is 5.92 Å². The summed E-state index contributed by atoms with van der Waals surface area (Å²) in [7, 11) is 0. The molecule has 0 aliphatic heterocycles. The van der Waals surface area contributed by atoms with Crippen LogP contribution in [-0.2, 0) is 11.2 Å². The minimum Gasteiger partial charge on any atom is -0.339 e. The third kappa shape index (κ3) is 3.40. The summed E-state index contributed by atoms with van der Waals surface area (Å²) in [6.07, 6.45) is 7.26. The van der Waals surface area contributed by atoms with Crippen LogP contribution >= 0.6 is 0 Å². The SMILES string of the molecule is CCC1CCCC(c2noc(CCC(C)=O)n2)C1. The van der Waals surface area contributed by atoms with E-state index in [0.717, 1.165) is 11.7 Å². The zero-order valence-corrected chi connectivity index (χ0v) is 11.3. The number of carbonyl (C=O) groups excluding carboxylic acids is 1. The van der Waals surface area contributed by atoms with E-state index in [1.807, 2.05) is 0 Å². The second-order valence-corrected chi connectivity index (χ2v) is 5.39. The van der Waals surface area contributed by atoms with Crippen LogP contribution in [0.3, 0.4) is 0 Å². The predicted octanol–water partition coefficient (Wildman–Crippen LogP) is 3.28. The average molecular weight is 250 g/mol. The highest BCUT2D eigenvalue weighted by molar-refractivity contribution is 5.75. The maximum atomic E-state index is 10.9. The van der Waals surface area contributed by atoms with Crippen molar-refractivity contribution in [3.8, 4) is 0 Å². The van der Waals surface area contributed by atoms with E-state index < -0.39 is 0 Å². The van der Waals surface area contributed by atoms with Gasteiger partial charge in [0, 0.05) is 18.8 Å². The molecule has 1 aliphatic rings. The fourth-order valence-electron chi connectivity index (χ4n) is 2.71. The molecule has 1 saturated carbocycles. The largest absolute Gasteiger partial charge is 0.339 e. The lowest BCUT2D eigenvalue weighted by atomic mass is 9.80. The van der Waals surface area contributed by atoms with Gasteiger partial charge in [-0.2, -0.15) is 4.98 Å². The Labute approximate surface area is 108 Å². The van der Waals surface area contributed by atoms with E-state index in [2.05, 4.69) is 17.1 Å². The van der Waals surface area contributed by atoms with Gasteiger partial charge in [-0.05, 0) is 25.7 Å². The molecule has 0 amide bonds. The van der Waals surface area contributed by atoms with Gasteiger partial charge >= 0.3 is 0 Å². The van der Waals surface area contributed by atoms with Crippen molar-refractivity contribution in [3.05, 3.63) is 11.7 Å². The highest BCUT2D eigenvalue weighted by atomic mass is 16.5. The molecule has 2 unspecified atom stereocenters. The maximum Gasteiger partial charge on any atom is 0.227 e. The minimum atomic E-state index is 0.165. The first-order valence-corrected chi connectivity index (χ1v) is 7.01. The summed E-state index contributed by atoms with van der Waals surface area (Å²) in [5.41, 5.74) is 0. The van der Waals surface area contributed by atoms with E-state index in [1.54, 1.807) is 6.92 Å². The van der Waals surface area contributed by atoms with Crippen molar-refractivity contribution in [1.82, 2.24) is 10.1 Å². The Balaban J connectivity index is 1.94. The molecule has 1 heterocycles. The second-order valence-electron chi connectivity index (χ2n) is 5.39. The molecule has 0 radical (unpaired) electrons. The number of hydrogen-bond donors (Lipinski definition) is 0. The van der Waals surface area contributed by atoms with Crippen molar-refractivity contribution in [2.45, 2.75) is 64.7 Å². The third-order valence-electron chi connectivity index (χ3n) is 3.90. The van der Waals surface area contributed by atoms with Crippen LogP contribution in [0.2, 0.25) is 0 Å². The quantitative estimate of drug-likeness (QED) is 0.804. The topological polar surface area (TPSA) is 56.0 Å². The van der Waals surface area contributed by atoms with E-state index in [1.165, 1.54) is 32.1 Å². The van der Waals surface area contributed by atoms with E-state index in [9.17, 15) is 4.79 Å². The summed E-state index contributed by atoms with van der Waals surface area (Å²) in [6.45, 7) is 3.84. The van der Waals surface area contributed by atoms with Crippen LogP contribution < -0.4 is 0 Å². The fraction of sp³-hybridized carbons (Fsp3) is 0.786. The lowest BCUT2D eigenvalue weighted by Gasteiger charge is -2.26. The number of hydrogen-bond acceptors (Lipinski definition) is 4. The average Bonchev–Trinajstić information content (AvgIpc) is 2.85. The molecule has 0 N–H and O–H groups in total. The molecule has 4 nitrogen and oxygen atoms in total. The number of carbonyl (C=O) groups is 1. The van der Waals surface area contributed by atoms with Gasteiger partial charge in [0.15, 0.2) is 5.82 Å². The van der Waals surface area contributed by atoms with Gasteiger partial charge in [-0.1, -0.05) is 31.3 Å². The smallest absolute Gasteiger partial charge is 0.227 e. The van der Waals surface area contributed by atoms with Gasteiger partial charge in [0.25, 0.3) is 0 Å². The number of rotatable bonds is 5. The predicted molar refractivity (Wildman–Crippen MR) is 68.3 cm³/mol. The minimum absolute atomic E-state index is 0.165. The van der Waals surface area contributed by atoms with Gasteiger partial charge < -0.3 is 9.32 Å². The Hall–Kier alpha value is -1.19. The standard InChI is InChI=1S/C14H22N2O2/c1-3-11-5-4-6-12(9-11)14-15-13(18-16-14)8-7-10(2)17/h11-12H,3-9H2,1-2H3. The van der Waals surface area contributed by atoms with Crippen molar-refractivity contribution < 1.29 is 9.32 Å². The van der Waals surface area contributed by atoms with E-state index in [4.69, 9.17) is 4.52 Å². The van der Waals surface area contributed by atoms with E-state index in [0.29, 0.717) is 24.7 Å². The van der Waals surface area contributed by atoms with Crippen LogP contribution in [0.15, 0.2) is 4.52 Å². The molecule has 0 saturated heterocycles. The van der Waals surface area contributed by atoms with E-state index >= 15 is 0 Å². The van der Waals surface area contributed by atoms with Crippen LogP contribution in [0.5, 0.6) is 0 Å². The molecule has 0 bridgehead atoms. The van der Waals surface area contributed by atoms with Crippen LogP contribution in [-0.4, -0.2) is 15.9 Å². The molecule has 1 fully saturated rings. The first-order chi connectivity index (χ1) is 8.69. The highest BCUT2D eigenvalue weighted by Gasteiger charge is 2.25. The molecular weight excluding hydrogens is 228 g/mol. The lowest BCUT2D eigenvalue weighted by Crippen LogP contribution is -2.14. The van der Waals surface area contributed by atoms with Crippen molar-refractivity contribution in [3.63, 3.8) is 0 Å². The van der Waals surface area contributed by atoms with Crippen molar-refractivity contribution in [1.29, 1.82) is 0 Å². The Morgan fingerprint density at radius 1 is 1.44 bits per heavy atom. The molecule has 2 rings (SSSR count). The number of Topliss-reactive ketones (excluding diaryl/α,β-unsaturated/α-hetero) is 1. The van der Waals surface area contributed by atoms with Gasteiger partial charge in [0.05, 0.1) is 0 Å². The molecular formula is C14H22N2O2. The summed E-state index contributed by atoms with van der Waals surface area (Å²) >= 11 is 0. The summed E-state index contributed by atoms with van der Waals surface area (Å²) in [5.74, 6) is 2.89. The summed E-state index contributed by atoms with van der Waals surface area (Å²) in [5, 5.41) is 4.09. The molecule has 2 atom stereocenters. The van der Waals surface area contributed by atoms with E-state index in [-0.39, 0.29) is 5.78 Å². The Kier molecular flexibility index (Phi) is 4.50. The van der Waals surface area contributed by atoms with Crippen LogP contribution in [0.4, 0.5) is 0 Å². The first-order valence-electron chi connectivity index (χ1n) is 7.01. The molecule has 0 spiro atoms. The van der Waals surface area contributed by atoms with Crippen molar-refractivity contribution >= 4 is 5.78 Å². The molecule has 100 valence electrons. The Morgan fingerprint density at radius 3 is 3.00 bits per heavy atom. The van der Waals surface area contributed by atoms with Crippen molar-refractivity contribution in [2.75, 3.05) is 0 Å². The normalized spacial score (nSPS) is 24.1. The second kappa shape index (κ2) is 6.12. The number of aryl methyl sites for hydroxylation is 1. The molecule has 18 heavy (non-hydrogen) atoms. The number of ketones is 1. The van der Waals surface area contributed by atoms with Gasteiger partial charge in [-0.15, -0.1) is 0 Å². The number of aromatic nitrogens is 2. The molecule has 4 heteroatoms. The lowest BCUT2D eigenvalue weighted by molar-refractivity contribution is -0.117. The Morgan fingerprint density at radius 2 is 2.28 bits per heavy atom. The molecule has 1 aromatic rings. The summed E-state index contributed by atoms with van der Waals surface area (Å²) < 4.78 is 5.22. The molecule has 1 aromatic heterocycles. The monoisotopic (exact) mass is 250 g/mol. The maximum absolute atomic E-state index is 10.9. The van der Waals surface area contributed by atoms with Gasteiger partial charge in [0.1, 0.15) is 5.78 Å². The van der Waals surface area contributed by atoms with Crippen LogP contribution in [0.25, 0.3) is 0 Å². The fourth-order valence-corrected chi connectivity index (χ4v) is 2.71. The number of nitrogens with zero attached hydrogens (tertiary/aromatic N) is 2. The van der Waals surface area contributed by atoms with Crippen LogP contribution in [0.1, 0.15) is 70.0 Å². The highest BCUT2D eigenvalue weighted by Crippen LogP contribution is 2.36. The molecule has 0 aromatic carbocycles. The zero-order chi connectivity index (χ0) is 13.0. The van der Waals surface area contributed by atoms with Gasteiger partial charge in [-0.3, -0.25) is 0 Å². The van der Waals surface area contributed by atoms with Crippen molar-refractivity contribution in [2.24, 2.45) is 5.92 Å². The first kappa shape index (κ1) is 13.2. The van der Waals surface area contributed by atoms with Gasteiger partial charge in [0.2, 0.25) is 5.89 Å².